The zero-order chi connectivity index (χ0) is 43.2. The van der Waals surface area contributed by atoms with Crippen molar-refractivity contribution in [3.8, 4) is 10.6 Å². The van der Waals surface area contributed by atoms with Crippen molar-refractivity contribution in [2.75, 3.05) is 34.4 Å². The number of nitrogens with zero attached hydrogens (tertiary/aromatic N) is 5. The smallest absolute Gasteiger partial charge is 0.425 e. The summed E-state index contributed by atoms with van der Waals surface area (Å²) in [4.78, 5) is 55.0. The van der Waals surface area contributed by atoms with E-state index in [-0.39, 0.29) is 31.2 Å². The summed E-state index contributed by atoms with van der Waals surface area (Å²) in [5.41, 5.74) is -4.08. The van der Waals surface area contributed by atoms with E-state index < -0.39 is 77.2 Å². The molecule has 0 spiro atoms. The molecule has 1 N–H and O–H groups in total. The molecular weight excluding hydrogens is 782 g/mol. The number of ether oxygens (including phenoxy) is 5. The van der Waals surface area contributed by atoms with E-state index in [2.05, 4.69) is 4.98 Å². The predicted molar refractivity (Wildman–Crippen MR) is 220 cm³/mol. The third kappa shape index (κ3) is 8.73. The number of hydrogen-bond acceptors (Lipinski definition) is 14. The van der Waals surface area contributed by atoms with E-state index in [4.69, 9.17) is 28.7 Å². The van der Waals surface area contributed by atoms with Crippen LogP contribution in [-0.2, 0) is 39.7 Å². The summed E-state index contributed by atoms with van der Waals surface area (Å²) in [6.45, 7) is 13.8. The van der Waals surface area contributed by atoms with Crippen molar-refractivity contribution in [2.45, 2.75) is 141 Å². The van der Waals surface area contributed by atoms with Gasteiger partial charge in [-0.25, -0.2) is 24.0 Å². The minimum absolute atomic E-state index is 0.144. The summed E-state index contributed by atoms with van der Waals surface area (Å²) in [6.07, 6.45) is -1.57. The number of benzene rings is 1. The molecular formula is C43H62FN5O9S. The van der Waals surface area contributed by atoms with Crippen molar-refractivity contribution < 1.29 is 47.6 Å². The largest absolute Gasteiger partial charge is 0.456 e. The SMILES string of the molecule is CO[C@@]1(C)C[C@@H](C)C2=NCN(CCCc3cnc(-c4ccccc4)s3)N3C(=O)O[C@](C)([C@H](C)OC(=O)C(C)(F)C(=O)[C@H](C)[C@H]1O[C@@H]1O[C@H](C)C[C@H](N(C)C)[C@H]1O)[C@H]3[C@@H]2C. The van der Waals surface area contributed by atoms with Crippen LogP contribution in [0, 0.1) is 17.8 Å². The van der Waals surface area contributed by atoms with Crippen LogP contribution in [0.3, 0.4) is 0 Å². The lowest BCUT2D eigenvalue weighted by Crippen LogP contribution is -2.62. The van der Waals surface area contributed by atoms with E-state index in [1.54, 1.807) is 37.1 Å². The molecule has 59 heavy (non-hydrogen) atoms. The van der Waals surface area contributed by atoms with Crippen molar-refractivity contribution in [3.05, 3.63) is 41.4 Å². The van der Waals surface area contributed by atoms with Crippen molar-refractivity contribution in [1.29, 1.82) is 0 Å². The number of esters is 1. The Labute approximate surface area is 351 Å². The van der Waals surface area contributed by atoms with Gasteiger partial charge in [0.15, 0.2) is 17.7 Å². The monoisotopic (exact) mass is 843 g/mol. The van der Waals surface area contributed by atoms with Gasteiger partial charge in [0.05, 0.1) is 17.8 Å². The number of carbonyl (C=O) groups excluding carboxylic acids is 3. The van der Waals surface area contributed by atoms with Crippen LogP contribution in [0.4, 0.5) is 9.18 Å². The first-order valence-corrected chi connectivity index (χ1v) is 21.5. The van der Waals surface area contributed by atoms with Gasteiger partial charge >= 0.3 is 12.1 Å². The Morgan fingerprint density at radius 3 is 2.41 bits per heavy atom. The normalized spacial score (nSPS) is 38.7. The summed E-state index contributed by atoms with van der Waals surface area (Å²) in [5.74, 6) is -4.55. The zero-order valence-electron chi connectivity index (χ0n) is 36.2. The highest BCUT2D eigenvalue weighted by atomic mass is 32.1. The second-order valence-corrected chi connectivity index (χ2v) is 18.8. The molecule has 3 saturated heterocycles. The number of cyclic esters (lactones) is 1. The predicted octanol–water partition coefficient (Wildman–Crippen LogP) is 5.71. The average molecular weight is 844 g/mol. The summed E-state index contributed by atoms with van der Waals surface area (Å²) >= 11 is 1.63. The summed E-state index contributed by atoms with van der Waals surface area (Å²) < 4.78 is 47.8. The Balaban J connectivity index is 1.36. The molecule has 0 saturated carbocycles. The Hall–Kier alpha value is -3.38. The van der Waals surface area contributed by atoms with Crippen molar-refractivity contribution in [3.63, 3.8) is 0 Å². The molecule has 4 aliphatic heterocycles. The fraction of sp³-hybridized carbons (Fsp3) is 0.698. The molecule has 326 valence electrons. The Kier molecular flexibility index (Phi) is 13.4. The van der Waals surface area contributed by atoms with E-state index in [0.29, 0.717) is 25.8 Å². The highest BCUT2D eigenvalue weighted by Gasteiger charge is 2.62. The summed E-state index contributed by atoms with van der Waals surface area (Å²) in [6, 6.07) is 8.95. The number of aliphatic hydroxyl groups is 1. The number of aromatic nitrogens is 1. The second-order valence-electron chi connectivity index (χ2n) is 17.6. The number of hydrogen-bond donors (Lipinski definition) is 1. The maximum atomic E-state index is 16.9. The number of likely N-dealkylation sites (N-methyl/N-ethyl adjacent to an activating group) is 1. The molecule has 0 aliphatic carbocycles. The summed E-state index contributed by atoms with van der Waals surface area (Å²) in [5, 5.41) is 15.9. The number of aliphatic hydroxyl groups excluding tert-OH is 1. The van der Waals surface area contributed by atoms with Crippen LogP contribution in [0.15, 0.2) is 41.5 Å². The van der Waals surface area contributed by atoms with Crippen LogP contribution >= 0.6 is 11.3 Å². The Bertz CT molecular complexity index is 1860. The quantitative estimate of drug-likeness (QED) is 0.243. The number of carbonyl (C=O) groups is 3. The maximum absolute atomic E-state index is 16.9. The van der Waals surface area contributed by atoms with Gasteiger partial charge in [-0.3, -0.25) is 9.79 Å². The molecule has 6 rings (SSSR count). The molecule has 1 unspecified atom stereocenters. The first-order valence-electron chi connectivity index (χ1n) is 20.7. The van der Waals surface area contributed by atoms with Gasteiger partial charge in [0, 0.05) is 53.9 Å². The molecule has 5 heterocycles. The number of thiazole rings is 1. The maximum Gasteiger partial charge on any atom is 0.425 e. The molecule has 1 amide bonds. The van der Waals surface area contributed by atoms with E-state index in [1.807, 2.05) is 81.3 Å². The van der Waals surface area contributed by atoms with E-state index >= 15 is 4.39 Å². The topological polar surface area (TPSA) is 153 Å². The van der Waals surface area contributed by atoms with Crippen molar-refractivity contribution in [2.24, 2.45) is 22.7 Å². The highest BCUT2D eigenvalue weighted by Crippen LogP contribution is 2.45. The van der Waals surface area contributed by atoms with Crippen molar-refractivity contribution >= 4 is 34.9 Å². The van der Waals surface area contributed by atoms with Gasteiger partial charge in [0.1, 0.15) is 29.9 Å². The molecule has 14 nitrogen and oxygen atoms in total. The minimum Gasteiger partial charge on any atom is -0.456 e. The van der Waals surface area contributed by atoms with Crippen LogP contribution in [0.1, 0.15) is 79.5 Å². The molecule has 16 heteroatoms. The second kappa shape index (κ2) is 17.5. The van der Waals surface area contributed by atoms with Gasteiger partial charge < -0.3 is 33.7 Å². The van der Waals surface area contributed by atoms with Gasteiger partial charge in [-0.05, 0) is 80.3 Å². The third-order valence-electron chi connectivity index (χ3n) is 13.1. The van der Waals surface area contributed by atoms with Gasteiger partial charge in [0.2, 0.25) is 0 Å². The fourth-order valence-corrected chi connectivity index (χ4v) is 10.5. The van der Waals surface area contributed by atoms with Gasteiger partial charge in [-0.1, -0.05) is 51.1 Å². The van der Waals surface area contributed by atoms with E-state index in [0.717, 1.165) is 28.1 Å². The molecule has 1 aromatic carbocycles. The van der Waals surface area contributed by atoms with E-state index in [9.17, 15) is 19.5 Å². The highest BCUT2D eigenvalue weighted by molar-refractivity contribution is 7.15. The lowest BCUT2D eigenvalue weighted by atomic mass is 9.73. The number of aliphatic imine (C=N–C) groups is 1. The van der Waals surface area contributed by atoms with Gasteiger partial charge in [0.25, 0.3) is 5.67 Å². The zero-order valence-corrected chi connectivity index (χ0v) is 37.0. The van der Waals surface area contributed by atoms with E-state index in [1.165, 1.54) is 14.0 Å². The number of amides is 1. The number of alkyl halides is 1. The number of Topliss-reactive ketones (excluding diaryl/α,β-unsaturated/α-hetero) is 1. The van der Waals surface area contributed by atoms with Gasteiger partial charge in [-0.15, -0.1) is 11.3 Å². The van der Waals surface area contributed by atoms with Crippen molar-refractivity contribution in [1.82, 2.24) is 19.9 Å². The van der Waals surface area contributed by atoms with Crippen LogP contribution in [0.5, 0.6) is 0 Å². The Morgan fingerprint density at radius 2 is 1.75 bits per heavy atom. The number of methoxy groups -OCH3 is 1. The Morgan fingerprint density at radius 1 is 1.05 bits per heavy atom. The first-order chi connectivity index (χ1) is 27.7. The first kappa shape index (κ1) is 45.2. The third-order valence-corrected chi connectivity index (χ3v) is 14.2. The average Bonchev–Trinajstić information content (AvgIpc) is 3.73. The molecule has 1 aromatic heterocycles. The standard InChI is InChI=1S/C43H62FN5O9S/c1-24-21-41(6,54-11)36(57-38-33(50)31(47(9)10)20-25(2)55-38)27(4)35(51)42(7,44)39(52)56-28(5)43(8)34-26(3)32(24)46-23-48(49(34)40(53)58-43)19-15-18-30-22-45-37(59-30)29-16-13-12-14-17-29/h12-14,16-17,22,24-28,31,33-34,36,38,50H,15,18-21,23H2,1-11H3/t24-,25-,26-,27+,28+,31+,33-,34-,36-,38+,41+,42?,43-/m1/s1. The van der Waals surface area contributed by atoms with Crippen LogP contribution in [-0.4, -0.2) is 143 Å². The van der Waals surface area contributed by atoms with Crippen LogP contribution in [0.25, 0.3) is 10.6 Å². The number of hydrazine groups is 1. The van der Waals surface area contributed by atoms with Crippen LogP contribution in [0.2, 0.25) is 0 Å². The molecule has 4 aliphatic rings. The molecule has 3 fully saturated rings. The molecule has 2 aromatic rings. The lowest BCUT2D eigenvalue weighted by Gasteiger charge is -2.47. The molecule has 0 radical (unpaired) electrons. The van der Waals surface area contributed by atoms with Crippen LogP contribution < -0.4 is 0 Å². The molecule has 2 bridgehead atoms. The number of halogens is 1. The summed E-state index contributed by atoms with van der Waals surface area (Å²) in [7, 11) is 5.20. The number of fused-ring (bicyclic) bond motifs is 1. The number of rotatable bonds is 9. The lowest BCUT2D eigenvalue weighted by molar-refractivity contribution is -0.295. The minimum atomic E-state index is -3.13. The number of aryl methyl sites for hydroxylation is 1. The fourth-order valence-electron chi connectivity index (χ4n) is 9.54. The number of ketones is 1. The van der Waals surface area contributed by atoms with Gasteiger partial charge in [-0.2, -0.15) is 5.01 Å². The molecule has 13 atom stereocenters.